The van der Waals surface area contributed by atoms with Gasteiger partial charge >= 0.3 is 12.2 Å². The molecule has 0 saturated carbocycles. The number of Topliss-reactive ketones (excluding diaryl/α,β-unsaturated/α-hetero) is 1. The summed E-state index contributed by atoms with van der Waals surface area (Å²) in [4.78, 5) is 118. The van der Waals surface area contributed by atoms with E-state index in [1.165, 1.54) is 0 Å². The van der Waals surface area contributed by atoms with Crippen LogP contribution < -0.4 is 20.0 Å². The molecule has 0 spiro atoms. The number of nitrogens with zero attached hydrogens (tertiary/aromatic N) is 13. The molecule has 6 aliphatic rings. The first-order valence-corrected chi connectivity index (χ1v) is 35.7. The van der Waals surface area contributed by atoms with Gasteiger partial charge in [-0.25, -0.2) is 24.5 Å². The van der Waals surface area contributed by atoms with Crippen LogP contribution in [0.1, 0.15) is 186 Å². The largest absolute Gasteiger partial charge is 0.444 e. The monoisotopic (exact) mass is 1650 g/mol. The first-order valence-electron chi connectivity index (χ1n) is 35.7. The predicted molar refractivity (Wildman–Crippen MR) is 409 cm³/mol. The number of nitrogens with one attached hydrogen (secondary N) is 1. The molecular weight excluding hydrogens is 1550 g/mol. The summed E-state index contributed by atoms with van der Waals surface area (Å²) in [6, 6.07) is 31.6. The molecule has 6 aromatic rings. The summed E-state index contributed by atoms with van der Waals surface area (Å²) in [5.74, 6) is 1.04. The van der Waals surface area contributed by atoms with Crippen molar-refractivity contribution in [3.05, 3.63) is 185 Å². The molecule has 0 aliphatic carbocycles. The SMILES string of the molecule is Cc1cccnc1N(C(=O)c1ccc(C2=NOC(C)(C)/C2=N\O)cc1)[C@@H]1CCCN(C(=O)OC(C)(C)C)C1.Cc1cccnc1N(C(=O)c1ccc(C2=NOC(C)(C)/C2=N\O)cc1)[C@@H]1CCCNC1.Cc1cccnc1N(C(=O)c1ccc(C2=NOC(C)(C)C2=O)cc1)[C@@H]1CCCN(C(=O)OC(C)(C)C)C1.[CH3-].[W]. The van der Waals surface area contributed by atoms with Crippen molar-refractivity contribution >= 4 is 81.7 Å². The fourth-order valence-electron chi connectivity index (χ4n) is 13.1. The van der Waals surface area contributed by atoms with Gasteiger partial charge < -0.3 is 56.9 Å². The van der Waals surface area contributed by atoms with Gasteiger partial charge in [0.25, 0.3) is 17.7 Å². The van der Waals surface area contributed by atoms with E-state index < -0.39 is 28.0 Å². The number of benzene rings is 3. The third kappa shape index (κ3) is 19.3. The Kier molecular flexibility index (Phi) is 26.8. The van der Waals surface area contributed by atoms with Gasteiger partial charge in [-0.15, -0.1) is 0 Å². The fourth-order valence-corrected chi connectivity index (χ4v) is 13.1. The van der Waals surface area contributed by atoms with E-state index in [0.29, 0.717) is 94.3 Å². The average molecular weight is 1650 g/mol. The normalized spacial score (nSPS) is 19.8. The van der Waals surface area contributed by atoms with Crippen LogP contribution >= 0.6 is 0 Å². The van der Waals surface area contributed by atoms with E-state index in [2.05, 4.69) is 46.0 Å². The van der Waals surface area contributed by atoms with Crippen LogP contribution in [0.5, 0.6) is 0 Å². The summed E-state index contributed by atoms with van der Waals surface area (Å²) < 4.78 is 11.2. The molecule has 5 amide bonds. The fraction of sp³-hybridized carbons (Fsp3) is 0.438. The molecular formula is C80H99N14O13W-. The van der Waals surface area contributed by atoms with Crippen molar-refractivity contribution in [2.24, 2.45) is 25.8 Å². The number of likely N-dealkylation sites (tertiary alicyclic amines) is 2. The molecule has 3 N–H and O–H groups in total. The number of hydrogen-bond donors (Lipinski definition) is 3. The first-order chi connectivity index (χ1) is 50.2. The van der Waals surface area contributed by atoms with Crippen molar-refractivity contribution in [2.45, 2.75) is 189 Å². The average Bonchev–Trinajstić information content (AvgIpc) is 1.66. The summed E-state index contributed by atoms with van der Waals surface area (Å²) in [6.07, 6.45) is 9.10. The van der Waals surface area contributed by atoms with Gasteiger partial charge in [0.1, 0.15) is 40.1 Å². The van der Waals surface area contributed by atoms with E-state index >= 15 is 0 Å². The second-order valence-corrected chi connectivity index (χ2v) is 30.5. The van der Waals surface area contributed by atoms with Crippen LogP contribution in [-0.2, 0) is 49.8 Å². The summed E-state index contributed by atoms with van der Waals surface area (Å²) in [5, 5.41) is 41.1. The summed E-state index contributed by atoms with van der Waals surface area (Å²) in [6.45, 7) is 30.7. The summed E-state index contributed by atoms with van der Waals surface area (Å²) in [7, 11) is 0. The van der Waals surface area contributed by atoms with Crippen molar-refractivity contribution in [1.29, 1.82) is 0 Å². The van der Waals surface area contributed by atoms with E-state index in [-0.39, 0.29) is 88.0 Å². The van der Waals surface area contributed by atoms with Gasteiger partial charge in [-0.3, -0.25) is 33.9 Å². The quantitative estimate of drug-likeness (QED) is 0.0582. The minimum atomic E-state index is -1.00. The summed E-state index contributed by atoms with van der Waals surface area (Å²) >= 11 is 0. The molecule has 3 atom stereocenters. The molecule has 3 saturated heterocycles. The van der Waals surface area contributed by atoms with Crippen LogP contribution in [0.3, 0.4) is 0 Å². The van der Waals surface area contributed by atoms with Crippen LogP contribution in [0.15, 0.2) is 154 Å². The Balaban J connectivity index is 0.000000203. The Bertz CT molecular complexity index is 4410. The molecule has 28 heteroatoms. The molecule has 3 aromatic heterocycles. The van der Waals surface area contributed by atoms with Crippen molar-refractivity contribution in [1.82, 2.24) is 30.1 Å². The molecule has 6 aliphatic heterocycles. The van der Waals surface area contributed by atoms with Crippen LogP contribution in [-0.4, -0.2) is 185 Å². The molecule has 0 radical (unpaired) electrons. The minimum Gasteiger partial charge on any atom is -0.444 e. The second kappa shape index (κ2) is 34.7. The maximum absolute atomic E-state index is 14.0. The minimum absolute atomic E-state index is 0. The smallest absolute Gasteiger partial charge is 0.410 e. The maximum Gasteiger partial charge on any atom is 0.410 e. The molecule has 574 valence electrons. The number of aryl methyl sites for hydroxylation is 3. The Morgan fingerprint density at radius 3 is 1.13 bits per heavy atom. The van der Waals surface area contributed by atoms with Crippen molar-refractivity contribution < 1.29 is 84.2 Å². The number of piperidine rings is 3. The van der Waals surface area contributed by atoms with Crippen LogP contribution in [0.4, 0.5) is 27.0 Å². The Morgan fingerprint density at radius 2 is 0.824 bits per heavy atom. The van der Waals surface area contributed by atoms with Crippen LogP contribution in [0, 0.1) is 28.2 Å². The molecule has 0 unspecified atom stereocenters. The van der Waals surface area contributed by atoms with E-state index in [1.807, 2.05) is 104 Å². The van der Waals surface area contributed by atoms with Gasteiger partial charge in [0.05, 0.1) is 18.1 Å². The Hall–Kier alpha value is -10.3. The summed E-state index contributed by atoms with van der Waals surface area (Å²) in [5.41, 5.74) is 3.98. The van der Waals surface area contributed by atoms with Gasteiger partial charge in [0.2, 0.25) is 5.78 Å². The number of carbonyl (C=O) groups excluding carboxylic acids is 6. The zero-order valence-electron chi connectivity index (χ0n) is 64.4. The van der Waals surface area contributed by atoms with Gasteiger partial charge in [0.15, 0.2) is 33.9 Å². The first kappa shape index (κ1) is 83.4. The molecule has 12 rings (SSSR count). The van der Waals surface area contributed by atoms with Gasteiger partial charge in [-0.1, -0.05) is 80.4 Å². The van der Waals surface area contributed by atoms with E-state index in [0.717, 1.165) is 73.9 Å². The molecule has 3 aromatic carbocycles. The number of ether oxygens (including phenoxy) is 2. The van der Waals surface area contributed by atoms with Crippen LogP contribution in [0.25, 0.3) is 0 Å². The number of amides is 5. The number of aromatic nitrogens is 3. The number of rotatable bonds is 12. The van der Waals surface area contributed by atoms with Gasteiger partial charge in [-0.2, -0.15) is 0 Å². The van der Waals surface area contributed by atoms with Crippen molar-refractivity contribution in [3.8, 4) is 0 Å². The predicted octanol–water partition coefficient (Wildman–Crippen LogP) is 12.9. The number of carbonyl (C=O) groups is 6. The zero-order valence-corrected chi connectivity index (χ0v) is 67.4. The van der Waals surface area contributed by atoms with E-state index in [9.17, 15) is 39.2 Å². The Labute approximate surface area is 646 Å². The molecule has 3 fully saturated rings. The number of ketones is 1. The number of anilines is 3. The molecule has 0 bridgehead atoms. The van der Waals surface area contributed by atoms with E-state index in [1.54, 1.807) is 153 Å². The third-order valence-corrected chi connectivity index (χ3v) is 18.6. The molecule has 27 nitrogen and oxygen atoms in total. The molecule has 108 heavy (non-hydrogen) atoms. The standard InChI is InChI=1S/C28H35N5O5.C28H34N4O5.C23H27N5O3.CH3.W/c1-18-9-7-15-29-24(18)33(21-10-8-16-32(17-21)26(35)37-27(2,3)4)25(34)20-13-11-19(12-14-20)22-23(30-36)28(5,6)38-31-22;1-18-9-7-15-29-24(18)32(21-10-8-16-31(17-21)26(35)36-27(2,3)4)25(34)20-13-11-19(12-14-20)22-23(33)28(5,6)37-30-22;1-15-6-4-13-25-21(15)28(18-7-5-12-24-14-18)22(29)17-10-8-16(9-11-17)19-20(26-30)23(2,3)31-27-19;;/h7,9,11-15,21,36H,8,10,16-17H2,1-6H3;7,9,11-15,21H,8,10,16-17H2,1-6H3;4,6,8-11,13,18,24,30H,5,7,12,14H2,1-3H3;1H3;/q;;;-1;/b30-23-;;26-20-;;/t2*21-;18-;;/m111../s1. The number of pyridine rings is 3. The topological polar surface area (TPSA) is 318 Å². The molecule has 9 heterocycles. The maximum atomic E-state index is 14.0. The van der Waals surface area contributed by atoms with E-state index in [4.69, 9.17) is 24.0 Å². The van der Waals surface area contributed by atoms with Gasteiger partial charge in [0, 0.05) is 106 Å². The second-order valence-electron chi connectivity index (χ2n) is 30.5. The Morgan fingerprint density at radius 1 is 0.500 bits per heavy atom. The zero-order chi connectivity index (χ0) is 76.6. The van der Waals surface area contributed by atoms with Crippen molar-refractivity contribution in [3.63, 3.8) is 0 Å². The number of hydrogen-bond acceptors (Lipinski definition) is 22. The van der Waals surface area contributed by atoms with Crippen LogP contribution in [0.2, 0.25) is 0 Å². The number of oxime groups is 5. The van der Waals surface area contributed by atoms with Gasteiger partial charge in [-0.05, 0) is 220 Å². The third-order valence-electron chi connectivity index (χ3n) is 18.6. The van der Waals surface area contributed by atoms with Crippen molar-refractivity contribution in [2.75, 3.05) is 54.0 Å².